The minimum atomic E-state index is -0.905. The molecular formula is C11H12BrNO2. The van der Waals surface area contributed by atoms with E-state index in [1.54, 1.807) is 13.0 Å². The van der Waals surface area contributed by atoms with Gasteiger partial charge in [-0.05, 0) is 32.0 Å². The first kappa shape index (κ1) is 10.6. The van der Waals surface area contributed by atoms with E-state index in [0.29, 0.717) is 12.2 Å². The monoisotopic (exact) mass is 269 g/mol. The SMILES string of the molecule is CCOC1(C)Nc2cc(Br)ccc2C1=O. The first-order valence-corrected chi connectivity index (χ1v) is 5.62. The van der Waals surface area contributed by atoms with Gasteiger partial charge < -0.3 is 10.1 Å². The second-order valence-electron chi connectivity index (χ2n) is 3.61. The Kier molecular flexibility index (Phi) is 2.56. The topological polar surface area (TPSA) is 38.3 Å². The summed E-state index contributed by atoms with van der Waals surface area (Å²) in [7, 11) is 0. The molecule has 1 heterocycles. The Morgan fingerprint density at radius 3 is 2.93 bits per heavy atom. The fourth-order valence-corrected chi connectivity index (χ4v) is 2.14. The molecular weight excluding hydrogens is 258 g/mol. The number of halogens is 1. The molecule has 0 fully saturated rings. The van der Waals surface area contributed by atoms with Crippen molar-refractivity contribution in [3.63, 3.8) is 0 Å². The molecule has 1 aromatic rings. The first-order chi connectivity index (χ1) is 7.07. The zero-order valence-electron chi connectivity index (χ0n) is 8.63. The molecule has 0 bridgehead atoms. The second-order valence-corrected chi connectivity index (χ2v) is 4.53. The highest BCUT2D eigenvalue weighted by atomic mass is 79.9. The number of hydrogen-bond acceptors (Lipinski definition) is 3. The van der Waals surface area contributed by atoms with Crippen molar-refractivity contribution in [3.05, 3.63) is 28.2 Å². The Labute approximate surface area is 96.9 Å². The molecule has 1 N–H and O–H groups in total. The maximum Gasteiger partial charge on any atom is 0.216 e. The van der Waals surface area contributed by atoms with Crippen LogP contribution in [-0.2, 0) is 4.74 Å². The molecule has 0 radical (unpaired) electrons. The van der Waals surface area contributed by atoms with Crippen molar-refractivity contribution in [1.29, 1.82) is 0 Å². The fraction of sp³-hybridized carbons (Fsp3) is 0.364. The normalized spacial score (nSPS) is 23.8. The molecule has 1 aliphatic rings. The van der Waals surface area contributed by atoms with Crippen molar-refractivity contribution in [2.75, 3.05) is 11.9 Å². The minimum absolute atomic E-state index is 0.00755. The van der Waals surface area contributed by atoms with Gasteiger partial charge in [-0.2, -0.15) is 0 Å². The Balaban J connectivity index is 2.41. The number of rotatable bonds is 2. The third-order valence-electron chi connectivity index (χ3n) is 2.47. The van der Waals surface area contributed by atoms with Gasteiger partial charge in [0.25, 0.3) is 0 Å². The van der Waals surface area contributed by atoms with Gasteiger partial charge in [0.1, 0.15) is 0 Å². The molecule has 0 aromatic heterocycles. The lowest BCUT2D eigenvalue weighted by atomic mass is 10.1. The molecule has 1 aliphatic heterocycles. The van der Waals surface area contributed by atoms with Crippen molar-refractivity contribution in [2.24, 2.45) is 0 Å². The summed E-state index contributed by atoms with van der Waals surface area (Å²) in [4.78, 5) is 12.0. The fourth-order valence-electron chi connectivity index (χ4n) is 1.78. The van der Waals surface area contributed by atoms with Crippen LogP contribution in [0.2, 0.25) is 0 Å². The minimum Gasteiger partial charge on any atom is -0.351 e. The molecule has 4 heteroatoms. The molecule has 2 rings (SSSR count). The van der Waals surface area contributed by atoms with Crippen LogP contribution in [0.4, 0.5) is 5.69 Å². The third-order valence-corrected chi connectivity index (χ3v) is 2.96. The van der Waals surface area contributed by atoms with E-state index in [9.17, 15) is 4.79 Å². The van der Waals surface area contributed by atoms with Crippen molar-refractivity contribution >= 4 is 27.4 Å². The van der Waals surface area contributed by atoms with Gasteiger partial charge in [0, 0.05) is 22.3 Å². The highest BCUT2D eigenvalue weighted by molar-refractivity contribution is 9.10. The van der Waals surface area contributed by atoms with Crippen molar-refractivity contribution in [1.82, 2.24) is 0 Å². The van der Waals surface area contributed by atoms with E-state index in [4.69, 9.17) is 4.74 Å². The summed E-state index contributed by atoms with van der Waals surface area (Å²) in [6.07, 6.45) is 0. The lowest BCUT2D eigenvalue weighted by Gasteiger charge is -2.22. The van der Waals surface area contributed by atoms with Crippen LogP contribution in [0.1, 0.15) is 24.2 Å². The summed E-state index contributed by atoms with van der Waals surface area (Å²) in [5.41, 5.74) is 0.609. The lowest BCUT2D eigenvalue weighted by molar-refractivity contribution is 0.00997. The summed E-state index contributed by atoms with van der Waals surface area (Å²) in [6.45, 7) is 4.14. The van der Waals surface area contributed by atoms with Gasteiger partial charge in [-0.3, -0.25) is 4.79 Å². The Bertz CT molecular complexity index is 419. The number of ether oxygens (including phenoxy) is 1. The Morgan fingerprint density at radius 1 is 1.53 bits per heavy atom. The molecule has 1 atom stereocenters. The number of anilines is 1. The smallest absolute Gasteiger partial charge is 0.216 e. The van der Waals surface area contributed by atoms with Crippen LogP contribution in [-0.4, -0.2) is 18.1 Å². The van der Waals surface area contributed by atoms with Gasteiger partial charge in [-0.1, -0.05) is 15.9 Å². The molecule has 0 amide bonds. The maximum atomic E-state index is 12.0. The van der Waals surface area contributed by atoms with Crippen LogP contribution in [0, 0.1) is 0 Å². The van der Waals surface area contributed by atoms with Gasteiger partial charge >= 0.3 is 0 Å². The van der Waals surface area contributed by atoms with Crippen LogP contribution in [0.15, 0.2) is 22.7 Å². The largest absolute Gasteiger partial charge is 0.351 e. The summed E-state index contributed by atoms with van der Waals surface area (Å²) in [5.74, 6) is -0.00755. The van der Waals surface area contributed by atoms with E-state index < -0.39 is 5.72 Å². The average molecular weight is 270 g/mol. The number of carbonyl (C=O) groups is 1. The van der Waals surface area contributed by atoms with Crippen molar-refractivity contribution in [3.8, 4) is 0 Å². The van der Waals surface area contributed by atoms with Crippen LogP contribution < -0.4 is 5.32 Å². The molecule has 1 unspecified atom stereocenters. The molecule has 0 aliphatic carbocycles. The first-order valence-electron chi connectivity index (χ1n) is 4.83. The number of benzene rings is 1. The summed E-state index contributed by atoms with van der Waals surface area (Å²) < 4.78 is 6.40. The number of ketones is 1. The zero-order valence-corrected chi connectivity index (χ0v) is 10.2. The van der Waals surface area contributed by atoms with Gasteiger partial charge in [0.05, 0.1) is 0 Å². The van der Waals surface area contributed by atoms with Gasteiger partial charge in [-0.25, -0.2) is 0 Å². The molecule has 0 spiro atoms. The summed E-state index contributed by atoms with van der Waals surface area (Å²) in [5, 5.41) is 3.10. The molecule has 1 aromatic carbocycles. The number of carbonyl (C=O) groups excluding carboxylic acids is 1. The van der Waals surface area contributed by atoms with E-state index in [-0.39, 0.29) is 5.78 Å². The van der Waals surface area contributed by atoms with Crippen LogP contribution in [0.5, 0.6) is 0 Å². The number of fused-ring (bicyclic) bond motifs is 1. The highest BCUT2D eigenvalue weighted by Crippen LogP contribution is 2.34. The Hall–Kier alpha value is -0.870. The number of hydrogen-bond donors (Lipinski definition) is 1. The molecule has 15 heavy (non-hydrogen) atoms. The van der Waals surface area contributed by atoms with Crippen LogP contribution >= 0.6 is 15.9 Å². The molecule has 3 nitrogen and oxygen atoms in total. The summed E-state index contributed by atoms with van der Waals surface area (Å²) in [6, 6.07) is 5.55. The molecule has 0 saturated carbocycles. The van der Waals surface area contributed by atoms with Crippen LogP contribution in [0.3, 0.4) is 0 Å². The van der Waals surface area contributed by atoms with E-state index in [0.717, 1.165) is 10.2 Å². The third kappa shape index (κ3) is 1.68. The maximum absolute atomic E-state index is 12.0. The molecule has 0 saturated heterocycles. The van der Waals surface area contributed by atoms with Gasteiger partial charge in [0.2, 0.25) is 5.78 Å². The lowest BCUT2D eigenvalue weighted by Crippen LogP contribution is -2.41. The van der Waals surface area contributed by atoms with E-state index in [1.807, 2.05) is 19.1 Å². The predicted octanol–water partition coefficient (Wildman–Crippen LogP) is 2.81. The van der Waals surface area contributed by atoms with E-state index in [1.165, 1.54) is 0 Å². The quantitative estimate of drug-likeness (QED) is 0.898. The van der Waals surface area contributed by atoms with E-state index in [2.05, 4.69) is 21.2 Å². The highest BCUT2D eigenvalue weighted by Gasteiger charge is 2.41. The van der Waals surface area contributed by atoms with Crippen molar-refractivity contribution < 1.29 is 9.53 Å². The number of Topliss-reactive ketones (excluding diaryl/α,β-unsaturated/α-hetero) is 1. The second kappa shape index (κ2) is 3.61. The predicted molar refractivity (Wildman–Crippen MR) is 62.1 cm³/mol. The van der Waals surface area contributed by atoms with Gasteiger partial charge in [-0.15, -0.1) is 0 Å². The van der Waals surface area contributed by atoms with Crippen LogP contribution in [0.25, 0.3) is 0 Å². The van der Waals surface area contributed by atoms with E-state index >= 15 is 0 Å². The Morgan fingerprint density at radius 2 is 2.27 bits per heavy atom. The standard InChI is InChI=1S/C11H12BrNO2/c1-3-15-11(2)10(14)8-5-4-7(12)6-9(8)13-11/h4-6,13H,3H2,1-2H3. The zero-order chi connectivity index (χ0) is 11.1. The summed E-state index contributed by atoms with van der Waals surface area (Å²) >= 11 is 3.37. The number of nitrogens with one attached hydrogen (secondary N) is 1. The molecule has 80 valence electrons. The van der Waals surface area contributed by atoms with Crippen molar-refractivity contribution in [2.45, 2.75) is 19.6 Å². The van der Waals surface area contributed by atoms with Gasteiger partial charge in [0.15, 0.2) is 5.72 Å². The average Bonchev–Trinajstić information content (AvgIpc) is 2.39.